The monoisotopic (exact) mass is 549 g/mol. The predicted octanol–water partition coefficient (Wildman–Crippen LogP) is 4.62. The number of piperazine rings is 1. The number of aliphatic imine (C=N–C) groups is 1. The number of benzene rings is 1. The van der Waals surface area contributed by atoms with Gasteiger partial charge in [0.2, 0.25) is 0 Å². The first-order valence-corrected chi connectivity index (χ1v) is 13.4. The summed E-state index contributed by atoms with van der Waals surface area (Å²) in [5.74, 6) is -0.0650. The smallest absolute Gasteiger partial charge is 0.390 e. The van der Waals surface area contributed by atoms with Crippen molar-refractivity contribution >= 4 is 12.2 Å². The van der Waals surface area contributed by atoms with Crippen molar-refractivity contribution in [2.45, 2.75) is 64.3 Å². The van der Waals surface area contributed by atoms with Crippen molar-refractivity contribution in [3.63, 3.8) is 0 Å². The minimum Gasteiger partial charge on any atom is -0.390 e. The summed E-state index contributed by atoms with van der Waals surface area (Å²) in [7, 11) is 1.62. The standard InChI is InChI=1S/C29H42F3N5O2/c1-20(2)26(22(4)34-19-33)27(38)35-13-11-28(5,12-14-35)36-15-16-37(21(3)17-36)25(18-39-6)23-7-9-24(10-8-23)29(30,31)32/h7-10,19,21,25H,1,11-18H2,2-6H3,(H2,33,34)/b26-22+/t21-,25-/m0/s1. The van der Waals surface area contributed by atoms with E-state index in [1.807, 2.05) is 4.90 Å². The molecule has 2 atom stereocenters. The van der Waals surface area contributed by atoms with Gasteiger partial charge in [-0.2, -0.15) is 13.2 Å². The minimum atomic E-state index is -4.36. The maximum absolute atomic E-state index is 13.3. The van der Waals surface area contributed by atoms with Crippen molar-refractivity contribution in [1.82, 2.24) is 14.7 Å². The lowest BCUT2D eigenvalue weighted by Crippen LogP contribution is -2.62. The van der Waals surface area contributed by atoms with E-state index in [0.29, 0.717) is 36.5 Å². The zero-order valence-electron chi connectivity index (χ0n) is 23.7. The Bertz CT molecular complexity index is 1080. The highest BCUT2D eigenvalue weighted by Gasteiger charge is 2.41. The molecule has 1 amide bonds. The van der Waals surface area contributed by atoms with E-state index < -0.39 is 11.7 Å². The van der Waals surface area contributed by atoms with Crippen LogP contribution in [0.25, 0.3) is 0 Å². The third kappa shape index (κ3) is 7.10. The second-order valence-corrected chi connectivity index (χ2v) is 10.9. The van der Waals surface area contributed by atoms with Crippen molar-refractivity contribution in [2.75, 3.05) is 46.4 Å². The summed E-state index contributed by atoms with van der Waals surface area (Å²) < 4.78 is 44.7. The summed E-state index contributed by atoms with van der Waals surface area (Å²) >= 11 is 0. The quantitative estimate of drug-likeness (QED) is 0.222. The Labute approximate surface area is 230 Å². The van der Waals surface area contributed by atoms with Gasteiger partial charge in [-0.1, -0.05) is 18.7 Å². The molecule has 2 aliphatic heterocycles. The van der Waals surface area contributed by atoms with Crippen molar-refractivity contribution in [3.05, 3.63) is 58.8 Å². The molecule has 1 aromatic carbocycles. The first kappa shape index (κ1) is 30.8. The summed E-state index contributed by atoms with van der Waals surface area (Å²) in [5, 5.41) is 0. The molecule has 0 radical (unpaired) electrons. The number of methoxy groups -OCH3 is 1. The normalized spacial score (nSPS) is 22.6. The van der Waals surface area contributed by atoms with Gasteiger partial charge < -0.3 is 15.4 Å². The lowest BCUT2D eigenvalue weighted by Gasteiger charge is -2.52. The van der Waals surface area contributed by atoms with Gasteiger partial charge in [0.1, 0.15) is 0 Å². The molecule has 0 aliphatic carbocycles. The molecule has 1 aromatic rings. The van der Waals surface area contributed by atoms with Gasteiger partial charge in [0.25, 0.3) is 5.91 Å². The van der Waals surface area contributed by atoms with Crippen LogP contribution in [-0.4, -0.2) is 85.0 Å². The number of halogens is 3. The largest absolute Gasteiger partial charge is 0.416 e. The highest BCUT2D eigenvalue weighted by Crippen LogP contribution is 2.35. The topological polar surface area (TPSA) is 74.4 Å². The number of hydrogen-bond acceptors (Lipinski definition) is 5. The van der Waals surface area contributed by atoms with Gasteiger partial charge in [-0.25, -0.2) is 4.99 Å². The van der Waals surface area contributed by atoms with Gasteiger partial charge in [0.05, 0.1) is 35.8 Å². The molecule has 2 heterocycles. The number of nitrogens with two attached hydrogens (primary N) is 1. The van der Waals surface area contributed by atoms with Gasteiger partial charge in [-0.3, -0.25) is 14.6 Å². The van der Waals surface area contributed by atoms with Crippen LogP contribution in [0.3, 0.4) is 0 Å². The van der Waals surface area contributed by atoms with E-state index in [1.54, 1.807) is 33.1 Å². The van der Waals surface area contributed by atoms with E-state index in [-0.39, 0.29) is 23.5 Å². The molecule has 0 unspecified atom stereocenters. The molecule has 0 aromatic heterocycles. The maximum atomic E-state index is 13.3. The van der Waals surface area contributed by atoms with Crippen LogP contribution in [-0.2, 0) is 15.7 Å². The van der Waals surface area contributed by atoms with Crippen LogP contribution in [0.4, 0.5) is 13.2 Å². The molecule has 7 nitrogen and oxygen atoms in total. The molecule has 216 valence electrons. The van der Waals surface area contributed by atoms with Crippen LogP contribution in [0.1, 0.15) is 57.7 Å². The summed E-state index contributed by atoms with van der Waals surface area (Å²) in [6.45, 7) is 16.1. The average molecular weight is 550 g/mol. The SMILES string of the molecule is C=C(C)/C(C(=O)N1CCC(C)(N2CCN([C@@H](COC)c3ccc(C(F)(F)F)cc3)[C@@H](C)C2)CC1)=C(/C)N=CN. The Morgan fingerprint density at radius 3 is 2.31 bits per heavy atom. The zero-order valence-corrected chi connectivity index (χ0v) is 23.7. The number of piperidine rings is 1. The zero-order chi connectivity index (χ0) is 29.0. The Hall–Kier alpha value is -2.69. The van der Waals surface area contributed by atoms with E-state index in [9.17, 15) is 18.0 Å². The molecule has 0 spiro atoms. The molecule has 3 rings (SSSR count). The van der Waals surface area contributed by atoms with E-state index >= 15 is 0 Å². The molecule has 2 N–H and O–H groups in total. The van der Waals surface area contributed by atoms with Crippen molar-refractivity contribution in [2.24, 2.45) is 10.7 Å². The molecular weight excluding hydrogens is 507 g/mol. The summed E-state index contributed by atoms with van der Waals surface area (Å²) in [6, 6.07) is 5.46. The Morgan fingerprint density at radius 1 is 1.21 bits per heavy atom. The fraction of sp³-hybridized carbons (Fsp3) is 0.586. The summed E-state index contributed by atoms with van der Waals surface area (Å²) in [6.07, 6.45) is -1.49. The lowest BCUT2D eigenvalue weighted by molar-refractivity contribution is -0.137. The highest BCUT2D eigenvalue weighted by atomic mass is 19.4. The van der Waals surface area contributed by atoms with Gasteiger partial charge in [0.15, 0.2) is 0 Å². The Kier molecular flexibility index (Phi) is 10.0. The average Bonchev–Trinajstić information content (AvgIpc) is 2.87. The minimum absolute atomic E-state index is 0.0558. The molecule has 2 fully saturated rings. The Balaban J connectivity index is 1.67. The third-order valence-electron chi connectivity index (χ3n) is 8.19. The predicted molar refractivity (Wildman–Crippen MR) is 148 cm³/mol. The van der Waals surface area contributed by atoms with Crippen molar-refractivity contribution in [1.29, 1.82) is 0 Å². The first-order chi connectivity index (χ1) is 18.3. The number of hydrogen-bond donors (Lipinski definition) is 1. The molecular formula is C29H42F3N5O2. The van der Waals surface area contributed by atoms with Crippen LogP contribution >= 0.6 is 0 Å². The van der Waals surface area contributed by atoms with Gasteiger partial charge in [-0.15, -0.1) is 0 Å². The van der Waals surface area contributed by atoms with Gasteiger partial charge in [0, 0.05) is 51.4 Å². The number of amides is 1. The molecule has 0 saturated carbocycles. The number of likely N-dealkylation sites (tertiary alicyclic amines) is 1. The molecule has 2 saturated heterocycles. The molecule has 39 heavy (non-hydrogen) atoms. The van der Waals surface area contributed by atoms with Crippen LogP contribution in [0.15, 0.2) is 52.7 Å². The molecule has 10 heteroatoms. The third-order valence-corrected chi connectivity index (χ3v) is 8.19. The number of carbonyl (C=O) groups excluding carboxylic acids is 1. The number of rotatable bonds is 8. The van der Waals surface area contributed by atoms with E-state index in [2.05, 4.69) is 35.2 Å². The van der Waals surface area contributed by atoms with E-state index in [0.717, 1.165) is 50.2 Å². The summed E-state index contributed by atoms with van der Waals surface area (Å²) in [5.41, 5.74) is 7.29. The lowest BCUT2D eigenvalue weighted by atomic mass is 9.85. The van der Waals surface area contributed by atoms with Crippen LogP contribution in [0.2, 0.25) is 0 Å². The fourth-order valence-electron chi connectivity index (χ4n) is 5.85. The first-order valence-electron chi connectivity index (χ1n) is 13.4. The van der Waals surface area contributed by atoms with Gasteiger partial charge in [-0.05, 0) is 63.8 Å². The van der Waals surface area contributed by atoms with Gasteiger partial charge >= 0.3 is 6.18 Å². The van der Waals surface area contributed by atoms with Crippen molar-refractivity contribution < 1.29 is 22.7 Å². The summed E-state index contributed by atoms with van der Waals surface area (Å²) in [4.78, 5) is 24.1. The van der Waals surface area contributed by atoms with E-state index in [1.165, 1.54) is 6.34 Å². The van der Waals surface area contributed by atoms with E-state index in [4.69, 9.17) is 10.5 Å². The molecule has 0 bridgehead atoms. The van der Waals surface area contributed by atoms with Crippen LogP contribution in [0, 0.1) is 0 Å². The maximum Gasteiger partial charge on any atom is 0.416 e. The van der Waals surface area contributed by atoms with Crippen molar-refractivity contribution in [3.8, 4) is 0 Å². The number of ether oxygens (including phenoxy) is 1. The van der Waals surface area contributed by atoms with Crippen LogP contribution < -0.4 is 5.73 Å². The number of carbonyl (C=O) groups is 1. The fourth-order valence-corrected chi connectivity index (χ4v) is 5.85. The van der Waals surface area contributed by atoms with Crippen LogP contribution in [0.5, 0.6) is 0 Å². The Morgan fingerprint density at radius 2 is 1.82 bits per heavy atom. The second kappa shape index (κ2) is 12.7. The highest BCUT2D eigenvalue weighted by molar-refractivity contribution is 5.98. The number of allylic oxidation sites excluding steroid dienone is 1. The number of nitrogens with zero attached hydrogens (tertiary/aromatic N) is 4. The number of alkyl halides is 3. The molecule has 2 aliphatic rings. The second-order valence-electron chi connectivity index (χ2n) is 10.9.